The molecular weight excluding hydrogens is 545 g/mol. The molecule has 7 heteroatoms. The van der Waals surface area contributed by atoms with E-state index in [2.05, 4.69) is 58.4 Å². The van der Waals surface area contributed by atoms with E-state index in [1.54, 1.807) is 6.07 Å². The van der Waals surface area contributed by atoms with Crippen LogP contribution < -0.4 is 15.4 Å². The number of carbonyl (C=O) groups excluding carboxylic acids is 1. The molecule has 5 nitrogen and oxygen atoms in total. The lowest BCUT2D eigenvalue weighted by atomic mass is 10.1. The maximum Gasteiger partial charge on any atom is 0.260 e. The zero-order chi connectivity index (χ0) is 23.2. The van der Waals surface area contributed by atoms with Crippen molar-refractivity contribution in [2.45, 2.75) is 25.4 Å². The molecular formula is C26H22IN3O2S. The second-order valence-electron chi connectivity index (χ2n) is 7.42. The second-order valence-corrected chi connectivity index (χ2v) is 9.73. The van der Waals surface area contributed by atoms with Gasteiger partial charge in [0.1, 0.15) is 12.4 Å². The van der Waals surface area contributed by atoms with Gasteiger partial charge in [-0.3, -0.25) is 4.79 Å². The SMILES string of the molecule is CCc1ccc(N[C@@H]2NC(=O)/C(=C/c3ccc(OCc4ccccc4C#N)c(I)c3)S2)cc1. The molecule has 0 aromatic heterocycles. The number of carbonyl (C=O) groups is 1. The molecule has 2 N–H and O–H groups in total. The lowest BCUT2D eigenvalue weighted by molar-refractivity contribution is -0.116. The Bertz CT molecular complexity index is 1240. The van der Waals surface area contributed by atoms with E-state index in [0.29, 0.717) is 17.1 Å². The van der Waals surface area contributed by atoms with Crippen LogP contribution in [0.25, 0.3) is 6.08 Å². The van der Waals surface area contributed by atoms with Crippen molar-refractivity contribution in [2.75, 3.05) is 5.32 Å². The summed E-state index contributed by atoms with van der Waals surface area (Å²) < 4.78 is 6.87. The summed E-state index contributed by atoms with van der Waals surface area (Å²) >= 11 is 3.69. The molecule has 1 aliphatic rings. The second kappa shape index (κ2) is 10.8. The van der Waals surface area contributed by atoms with E-state index in [1.165, 1.54) is 17.3 Å². The van der Waals surface area contributed by atoms with Crippen molar-refractivity contribution in [2.24, 2.45) is 0 Å². The van der Waals surface area contributed by atoms with E-state index >= 15 is 0 Å². The summed E-state index contributed by atoms with van der Waals surface area (Å²) in [6.07, 6.45) is 2.89. The zero-order valence-electron chi connectivity index (χ0n) is 18.0. The predicted molar refractivity (Wildman–Crippen MR) is 142 cm³/mol. The van der Waals surface area contributed by atoms with Gasteiger partial charge in [0.15, 0.2) is 5.50 Å². The van der Waals surface area contributed by atoms with Crippen molar-refractivity contribution in [1.82, 2.24) is 5.32 Å². The molecule has 1 fully saturated rings. The van der Waals surface area contributed by atoms with Crippen LogP contribution in [0, 0.1) is 14.9 Å². The Balaban J connectivity index is 1.40. The smallest absolute Gasteiger partial charge is 0.260 e. The normalized spacial score (nSPS) is 16.3. The van der Waals surface area contributed by atoms with Crippen molar-refractivity contribution in [3.8, 4) is 11.8 Å². The maximum absolute atomic E-state index is 12.5. The van der Waals surface area contributed by atoms with E-state index in [4.69, 9.17) is 4.74 Å². The molecule has 0 bridgehead atoms. The van der Waals surface area contributed by atoms with Gasteiger partial charge in [-0.2, -0.15) is 5.26 Å². The van der Waals surface area contributed by atoms with Crippen molar-refractivity contribution >= 4 is 52.0 Å². The molecule has 4 rings (SSSR count). The summed E-state index contributed by atoms with van der Waals surface area (Å²) in [7, 11) is 0. The van der Waals surface area contributed by atoms with E-state index in [1.807, 2.05) is 54.6 Å². The molecule has 3 aromatic carbocycles. The van der Waals surface area contributed by atoms with Crippen LogP contribution in [0.5, 0.6) is 5.75 Å². The van der Waals surface area contributed by atoms with Crippen molar-refractivity contribution in [1.29, 1.82) is 5.26 Å². The van der Waals surface area contributed by atoms with Crippen LogP contribution in [0.3, 0.4) is 0 Å². The molecule has 166 valence electrons. The number of thioether (sulfide) groups is 1. The summed E-state index contributed by atoms with van der Waals surface area (Å²) in [6.45, 7) is 2.45. The Kier molecular flexibility index (Phi) is 7.57. The maximum atomic E-state index is 12.5. The average molecular weight is 567 g/mol. The van der Waals surface area contributed by atoms with Crippen molar-refractivity contribution in [3.63, 3.8) is 0 Å². The molecule has 0 aliphatic carbocycles. The first kappa shape index (κ1) is 23.2. The van der Waals surface area contributed by atoms with E-state index < -0.39 is 0 Å². The molecule has 1 saturated heterocycles. The highest BCUT2D eigenvalue weighted by molar-refractivity contribution is 14.1. The van der Waals surface area contributed by atoms with Crippen LogP contribution in [-0.4, -0.2) is 11.4 Å². The number of nitrogens with one attached hydrogen (secondary N) is 2. The molecule has 1 atom stereocenters. The summed E-state index contributed by atoms with van der Waals surface area (Å²) in [6, 6.07) is 23.6. The van der Waals surface area contributed by atoms with Crippen LogP contribution in [0.15, 0.2) is 71.6 Å². The van der Waals surface area contributed by atoms with Gasteiger partial charge in [-0.1, -0.05) is 55.1 Å². The Morgan fingerprint density at radius 2 is 1.97 bits per heavy atom. The third-order valence-corrected chi connectivity index (χ3v) is 7.04. The lowest BCUT2D eigenvalue weighted by Gasteiger charge is -2.13. The van der Waals surface area contributed by atoms with Gasteiger partial charge < -0.3 is 15.4 Å². The molecule has 1 heterocycles. The number of ether oxygens (including phenoxy) is 1. The Hall–Kier alpha value is -2.96. The van der Waals surface area contributed by atoms with Crippen molar-refractivity contribution < 1.29 is 9.53 Å². The molecule has 0 saturated carbocycles. The van der Waals surface area contributed by atoms with Gasteiger partial charge in [-0.05, 0) is 76.5 Å². The summed E-state index contributed by atoms with van der Waals surface area (Å²) in [4.78, 5) is 13.1. The fourth-order valence-corrected chi connectivity index (χ4v) is 5.02. The minimum Gasteiger partial charge on any atom is -0.488 e. The molecule has 0 spiro atoms. The quantitative estimate of drug-likeness (QED) is 0.275. The molecule has 1 aliphatic heterocycles. The lowest BCUT2D eigenvalue weighted by Crippen LogP contribution is -2.30. The van der Waals surface area contributed by atoms with E-state index in [9.17, 15) is 10.1 Å². The zero-order valence-corrected chi connectivity index (χ0v) is 20.9. The first-order valence-electron chi connectivity index (χ1n) is 10.5. The predicted octanol–water partition coefficient (Wildman–Crippen LogP) is 5.90. The number of nitriles is 1. The Labute approximate surface area is 211 Å². The number of nitrogens with zero attached hydrogens (tertiary/aromatic N) is 1. The van der Waals surface area contributed by atoms with E-state index in [0.717, 1.165) is 32.6 Å². The monoisotopic (exact) mass is 567 g/mol. The standard InChI is InChI=1S/C26H22IN3O2S/c1-2-17-7-10-21(11-8-17)29-26-30-25(31)24(33-26)14-18-9-12-23(22(27)13-18)32-16-20-6-4-3-5-19(20)15-28/h3-14,26,29H,2,16H2,1H3,(H,30,31)/b24-14-/t26-/m1/s1. The fourth-order valence-electron chi connectivity index (χ4n) is 3.34. The molecule has 3 aromatic rings. The van der Waals surface area contributed by atoms with Crippen LogP contribution >= 0.6 is 34.4 Å². The minimum absolute atomic E-state index is 0.0916. The number of rotatable bonds is 7. The minimum atomic E-state index is -0.210. The number of anilines is 1. The first-order valence-corrected chi connectivity index (χ1v) is 12.5. The van der Waals surface area contributed by atoms with Crippen LogP contribution in [0.1, 0.15) is 29.2 Å². The first-order chi connectivity index (χ1) is 16.1. The largest absolute Gasteiger partial charge is 0.488 e. The van der Waals surface area contributed by atoms with Crippen LogP contribution in [-0.2, 0) is 17.8 Å². The van der Waals surface area contributed by atoms with Gasteiger partial charge in [-0.25, -0.2) is 0 Å². The summed E-state index contributed by atoms with van der Waals surface area (Å²) in [5.74, 6) is 0.648. The van der Waals surface area contributed by atoms with Gasteiger partial charge in [0, 0.05) is 11.3 Å². The van der Waals surface area contributed by atoms with Gasteiger partial charge in [-0.15, -0.1) is 0 Å². The van der Waals surface area contributed by atoms with Crippen LogP contribution in [0.2, 0.25) is 0 Å². The summed E-state index contributed by atoms with van der Waals surface area (Å²) in [5.41, 5.74) is 4.43. The number of hydrogen-bond acceptors (Lipinski definition) is 5. The third-order valence-electron chi connectivity index (χ3n) is 5.17. The number of hydrogen-bond donors (Lipinski definition) is 2. The topological polar surface area (TPSA) is 74.2 Å². The molecule has 1 amide bonds. The highest BCUT2D eigenvalue weighted by Crippen LogP contribution is 2.32. The Morgan fingerprint density at radius 1 is 1.18 bits per heavy atom. The Morgan fingerprint density at radius 3 is 2.70 bits per heavy atom. The molecule has 33 heavy (non-hydrogen) atoms. The molecule has 0 radical (unpaired) electrons. The number of amides is 1. The average Bonchev–Trinajstić information content (AvgIpc) is 3.17. The number of benzene rings is 3. The van der Waals surface area contributed by atoms with Gasteiger partial charge >= 0.3 is 0 Å². The summed E-state index contributed by atoms with van der Waals surface area (Å²) in [5, 5.41) is 15.5. The highest BCUT2D eigenvalue weighted by atomic mass is 127. The number of halogens is 1. The highest BCUT2D eigenvalue weighted by Gasteiger charge is 2.27. The third kappa shape index (κ3) is 5.89. The van der Waals surface area contributed by atoms with E-state index in [-0.39, 0.29) is 11.4 Å². The van der Waals surface area contributed by atoms with Gasteiger partial charge in [0.2, 0.25) is 0 Å². The van der Waals surface area contributed by atoms with Gasteiger partial charge in [0.25, 0.3) is 5.91 Å². The number of aryl methyl sites for hydroxylation is 1. The van der Waals surface area contributed by atoms with Crippen LogP contribution in [0.4, 0.5) is 5.69 Å². The van der Waals surface area contributed by atoms with Gasteiger partial charge in [0.05, 0.1) is 20.1 Å². The molecule has 0 unspecified atom stereocenters. The van der Waals surface area contributed by atoms with Crippen molar-refractivity contribution in [3.05, 3.63) is 97.5 Å². The fraction of sp³-hybridized carbons (Fsp3) is 0.154.